The lowest BCUT2D eigenvalue weighted by atomic mass is 9.98. The Labute approximate surface area is 366 Å². The van der Waals surface area contributed by atoms with Gasteiger partial charge >= 0.3 is 6.01 Å². The number of anilines is 3. The van der Waals surface area contributed by atoms with Crippen LogP contribution in [0.5, 0.6) is 23.3 Å². The van der Waals surface area contributed by atoms with Crippen LogP contribution < -0.4 is 15.1 Å². The Kier molecular flexibility index (Phi) is 11.7. The minimum atomic E-state index is -0.315. The largest absolute Gasteiger partial charge is 0.508 e. The summed E-state index contributed by atoms with van der Waals surface area (Å²) in [6.07, 6.45) is 1.12. The van der Waals surface area contributed by atoms with Gasteiger partial charge in [0.15, 0.2) is 5.82 Å². The molecule has 0 saturated carbocycles. The highest BCUT2D eigenvalue weighted by molar-refractivity contribution is 5.95. The van der Waals surface area contributed by atoms with Gasteiger partial charge in [-0.1, -0.05) is 55.3 Å². The van der Waals surface area contributed by atoms with Gasteiger partial charge in [-0.25, -0.2) is 9.55 Å². The first-order chi connectivity index (χ1) is 30.5. The average molecular weight is 854 g/mol. The molecule has 0 bridgehead atoms. The van der Waals surface area contributed by atoms with Crippen LogP contribution in [0.3, 0.4) is 0 Å². The van der Waals surface area contributed by atoms with E-state index in [1.54, 1.807) is 12.1 Å². The Morgan fingerprint density at radius 1 is 0.794 bits per heavy atom. The van der Waals surface area contributed by atoms with E-state index < -0.39 is 0 Å². The normalized spacial score (nSPS) is 16.2. The molecule has 3 aliphatic heterocycles. The predicted molar refractivity (Wildman–Crippen MR) is 243 cm³/mol. The van der Waals surface area contributed by atoms with Crippen LogP contribution in [0, 0.1) is 0 Å². The van der Waals surface area contributed by atoms with E-state index in [1.807, 2.05) is 67.3 Å². The number of amides is 1. The number of aromatic hydroxyl groups is 4. The van der Waals surface area contributed by atoms with Crippen molar-refractivity contribution in [3.05, 3.63) is 95.2 Å². The van der Waals surface area contributed by atoms with Crippen LogP contribution in [0.4, 0.5) is 17.5 Å². The summed E-state index contributed by atoms with van der Waals surface area (Å²) in [6, 6.07) is 22.2. The second kappa shape index (κ2) is 17.6. The van der Waals surface area contributed by atoms with Gasteiger partial charge in [0, 0.05) is 107 Å². The first-order valence-corrected chi connectivity index (χ1v) is 21.8. The number of carbonyl (C=O) groups excluding carboxylic acids is 1. The Morgan fingerprint density at radius 2 is 1.56 bits per heavy atom. The average Bonchev–Trinajstić information content (AvgIpc) is 3.66. The van der Waals surface area contributed by atoms with Crippen LogP contribution in [-0.2, 0) is 24.3 Å². The minimum absolute atomic E-state index is 0.00140. The molecule has 9 rings (SSSR count). The van der Waals surface area contributed by atoms with Crippen LogP contribution in [-0.4, -0.2) is 138 Å². The summed E-state index contributed by atoms with van der Waals surface area (Å²) in [5.74, 6) is 1.93. The quantitative estimate of drug-likeness (QED) is 0.114. The van der Waals surface area contributed by atoms with Crippen LogP contribution in [0.1, 0.15) is 48.6 Å². The number of nitrogens with one attached hydrogen (secondary N) is 1. The third-order valence-electron chi connectivity index (χ3n) is 12.6. The zero-order valence-electron chi connectivity index (χ0n) is 36.1. The van der Waals surface area contributed by atoms with Crippen molar-refractivity contribution < 1.29 is 25.2 Å². The molecular weight excluding hydrogens is 799 g/mol. The highest BCUT2D eigenvalue weighted by atomic mass is 16.3. The second-order valence-electron chi connectivity index (χ2n) is 17.2. The van der Waals surface area contributed by atoms with Crippen molar-refractivity contribution in [2.75, 3.05) is 87.6 Å². The minimum Gasteiger partial charge on any atom is -0.508 e. The number of fused-ring (bicyclic) bond motifs is 2. The van der Waals surface area contributed by atoms with Gasteiger partial charge in [-0.15, -0.1) is 5.10 Å². The standard InChI is InChI=1S/C47H55N11O5/c1-30(2)37-26-38(42(61)27-41(37)60)45-51-52-47(63)58(45)33-10-8-31(9-11-33)28-54-18-22-55(23-19-54)43(62)12-14-48-46-49-39-29-57(40-25-34(59)24-32-6-4-5-7-35(32)40)15-13-36(39)44(50-46)56-20-16-53(3)17-21-56/h4-11,24-27,30,59-61H,12-23,28-29H2,1-3H3,(H,52,63)(H,48,49,50). The van der Waals surface area contributed by atoms with E-state index >= 15 is 0 Å². The molecule has 3 aliphatic rings. The number of phenols is 3. The Hall–Kier alpha value is -6.65. The summed E-state index contributed by atoms with van der Waals surface area (Å²) >= 11 is 0. The summed E-state index contributed by atoms with van der Waals surface area (Å²) in [6.45, 7) is 12.8. The smallest absolute Gasteiger partial charge is 0.319 e. The number of phenolic OH excluding ortho intramolecular Hbond substituents is 3. The molecule has 16 nitrogen and oxygen atoms in total. The van der Waals surface area contributed by atoms with Crippen molar-refractivity contribution in [3.63, 3.8) is 0 Å². The van der Waals surface area contributed by atoms with E-state index in [2.05, 4.69) is 48.2 Å². The highest BCUT2D eigenvalue weighted by Gasteiger charge is 2.29. The molecule has 0 atom stereocenters. The van der Waals surface area contributed by atoms with Gasteiger partial charge in [0.05, 0.1) is 23.5 Å². The van der Waals surface area contributed by atoms with Gasteiger partial charge in [0.1, 0.15) is 23.1 Å². The number of hydrogen-bond acceptors (Lipinski definition) is 14. The Morgan fingerprint density at radius 3 is 2.32 bits per heavy atom. The van der Waals surface area contributed by atoms with Crippen molar-refractivity contribution in [1.29, 1.82) is 0 Å². The molecule has 2 fully saturated rings. The molecule has 4 aromatic carbocycles. The molecule has 0 spiro atoms. The number of likely N-dealkylation sites (N-methyl/N-ethyl adjacent to an activating group) is 1. The summed E-state index contributed by atoms with van der Waals surface area (Å²) < 4.78 is 1.47. The lowest BCUT2D eigenvalue weighted by molar-refractivity contribution is -0.132. The molecule has 6 aromatic rings. The number of nitrogens with zero attached hydrogens (tertiary/aromatic N) is 10. The van der Waals surface area contributed by atoms with Gasteiger partial charge in [0.25, 0.3) is 0 Å². The molecule has 328 valence electrons. The molecule has 5 heterocycles. The van der Waals surface area contributed by atoms with Crippen LogP contribution in [0.2, 0.25) is 0 Å². The maximum absolute atomic E-state index is 13.5. The van der Waals surface area contributed by atoms with Gasteiger partial charge in [-0.2, -0.15) is 4.98 Å². The SMILES string of the molecule is CC(C)c1cc(-c2nnc(O)n2-c2ccc(CN3CCN(C(=O)CCNc4nc5c(c(N6CCN(C)CC6)n4)CCN(c4cc(O)cc6ccccc46)C5)CC3)cc2)c(O)cc1O. The van der Waals surface area contributed by atoms with Gasteiger partial charge in [0.2, 0.25) is 11.9 Å². The van der Waals surface area contributed by atoms with Crippen molar-refractivity contribution >= 4 is 34.1 Å². The number of aromatic nitrogens is 5. The predicted octanol–water partition coefficient (Wildman–Crippen LogP) is 5.28. The molecule has 5 N–H and O–H groups in total. The van der Waals surface area contributed by atoms with Gasteiger partial charge in [-0.05, 0) is 60.2 Å². The van der Waals surface area contributed by atoms with E-state index in [0.717, 1.165) is 85.8 Å². The van der Waals surface area contributed by atoms with E-state index in [1.165, 1.54) is 16.2 Å². The van der Waals surface area contributed by atoms with Gasteiger partial charge < -0.3 is 45.3 Å². The molecule has 1 amide bonds. The number of benzene rings is 4. The Balaban J connectivity index is 0.815. The van der Waals surface area contributed by atoms with E-state index in [0.29, 0.717) is 61.9 Å². The molecule has 2 aromatic heterocycles. The third kappa shape index (κ3) is 8.73. The van der Waals surface area contributed by atoms with E-state index in [-0.39, 0.29) is 40.9 Å². The van der Waals surface area contributed by atoms with Crippen molar-refractivity contribution in [2.24, 2.45) is 0 Å². The molecule has 0 aliphatic carbocycles. The van der Waals surface area contributed by atoms with Crippen LogP contribution >= 0.6 is 0 Å². The summed E-state index contributed by atoms with van der Waals surface area (Å²) in [4.78, 5) is 34.9. The fourth-order valence-corrected chi connectivity index (χ4v) is 9.04. The van der Waals surface area contributed by atoms with Crippen LogP contribution in [0.25, 0.3) is 27.8 Å². The monoisotopic (exact) mass is 853 g/mol. The molecular formula is C47H55N11O5. The zero-order valence-corrected chi connectivity index (χ0v) is 36.1. The third-order valence-corrected chi connectivity index (χ3v) is 12.6. The highest BCUT2D eigenvalue weighted by Crippen LogP contribution is 2.40. The maximum Gasteiger partial charge on any atom is 0.319 e. The first kappa shape index (κ1) is 41.7. The molecule has 0 radical (unpaired) electrons. The van der Waals surface area contributed by atoms with Crippen molar-refractivity contribution in [3.8, 4) is 40.3 Å². The lowest BCUT2D eigenvalue weighted by Gasteiger charge is -2.37. The maximum atomic E-state index is 13.5. The molecule has 63 heavy (non-hydrogen) atoms. The number of hydrogen-bond donors (Lipinski definition) is 5. The molecule has 16 heteroatoms. The second-order valence-corrected chi connectivity index (χ2v) is 17.2. The Bertz CT molecular complexity index is 2620. The lowest BCUT2D eigenvalue weighted by Crippen LogP contribution is -2.48. The number of carbonyl (C=O) groups is 1. The van der Waals surface area contributed by atoms with Crippen LogP contribution in [0.15, 0.2) is 72.8 Å². The number of piperazine rings is 2. The van der Waals surface area contributed by atoms with Gasteiger partial charge in [-0.3, -0.25) is 9.69 Å². The number of rotatable bonds is 11. The fraction of sp³-hybridized carbons (Fsp3) is 0.383. The first-order valence-electron chi connectivity index (χ1n) is 21.8. The summed E-state index contributed by atoms with van der Waals surface area (Å²) in [7, 11) is 2.15. The van der Waals surface area contributed by atoms with E-state index in [4.69, 9.17) is 9.97 Å². The summed E-state index contributed by atoms with van der Waals surface area (Å²) in [5.41, 5.74) is 5.83. The molecule has 0 unspecified atom stereocenters. The van der Waals surface area contributed by atoms with E-state index in [9.17, 15) is 25.2 Å². The van der Waals surface area contributed by atoms with Crippen molar-refractivity contribution in [1.82, 2.24) is 39.4 Å². The topological polar surface area (TPSA) is 183 Å². The summed E-state index contributed by atoms with van der Waals surface area (Å²) in [5, 5.41) is 55.8. The van der Waals surface area contributed by atoms with Crippen molar-refractivity contribution in [2.45, 2.75) is 45.7 Å². The molecule has 2 saturated heterocycles. The zero-order chi connectivity index (χ0) is 43.8. The fourth-order valence-electron chi connectivity index (χ4n) is 9.04.